The van der Waals surface area contributed by atoms with Gasteiger partial charge in [0.05, 0.1) is 16.6 Å². The number of halogens is 2. The molecule has 3 saturated heterocycles. The molecule has 0 radical (unpaired) electrons. The first-order chi connectivity index (χ1) is 16.3. The third-order valence-electron chi connectivity index (χ3n) is 7.08. The van der Waals surface area contributed by atoms with Crippen molar-refractivity contribution < 1.29 is 24.6 Å². The normalized spacial score (nSPS) is 31.6. The fourth-order valence-corrected chi connectivity index (χ4v) is 9.45. The number of carbonyl (C=O) groups excluding carboxylic acids is 2. The molecular formula is C24H28BrClN2O5S. The molecule has 1 aromatic carbocycles. The van der Waals surface area contributed by atoms with Gasteiger partial charge in [-0.2, -0.15) is 0 Å². The fraction of sp³-hybridized carbons (Fsp3) is 0.542. The Morgan fingerprint density at radius 3 is 2.62 bits per heavy atom. The Bertz CT molecular complexity index is 979. The van der Waals surface area contributed by atoms with Crippen LogP contribution in [0.5, 0.6) is 0 Å². The second-order valence-corrected chi connectivity index (χ2v) is 12.2. The molecular weight excluding hydrogens is 544 g/mol. The summed E-state index contributed by atoms with van der Waals surface area (Å²) < 4.78 is -0.807. The lowest BCUT2D eigenvalue weighted by Crippen LogP contribution is -2.55. The molecule has 10 heteroatoms. The van der Waals surface area contributed by atoms with Crippen LogP contribution in [0.2, 0.25) is 5.02 Å². The highest BCUT2D eigenvalue weighted by Crippen LogP contribution is 2.67. The number of nitrogens with zero attached hydrogens (tertiary/aromatic N) is 2. The highest BCUT2D eigenvalue weighted by Gasteiger charge is 2.76. The number of hydrogen-bond acceptors (Lipinski definition) is 5. The molecule has 2 N–H and O–H groups in total. The monoisotopic (exact) mass is 570 g/mol. The van der Waals surface area contributed by atoms with E-state index in [-0.39, 0.29) is 35.0 Å². The predicted octanol–water partition coefficient (Wildman–Crippen LogP) is 3.57. The number of aliphatic hydroxyl groups is 1. The van der Waals surface area contributed by atoms with E-state index in [9.17, 15) is 19.5 Å². The standard InChI is InChI=1S/C24H28BrClN2O5S/c1-2-10-27(15-8-6-14(26)7-9-15)22(31)20-24-13-16(25)19(34-24)17(23(32)33)18(24)21(30)28(20)11-4-3-5-12-29/h2,6-9,16-20,29H,1,3-5,10-13H2,(H,32,33)/t16?,17-,18-,19-,20?,24?/m0/s1. The number of amides is 2. The molecule has 34 heavy (non-hydrogen) atoms. The Labute approximate surface area is 216 Å². The van der Waals surface area contributed by atoms with E-state index >= 15 is 0 Å². The van der Waals surface area contributed by atoms with Crippen molar-refractivity contribution in [3.8, 4) is 0 Å². The molecule has 3 aliphatic heterocycles. The van der Waals surface area contributed by atoms with E-state index in [0.717, 1.165) is 0 Å². The van der Waals surface area contributed by atoms with Gasteiger partial charge in [-0.1, -0.05) is 33.6 Å². The van der Waals surface area contributed by atoms with E-state index in [2.05, 4.69) is 22.5 Å². The summed E-state index contributed by atoms with van der Waals surface area (Å²) in [5, 5.41) is 19.4. The second kappa shape index (κ2) is 10.2. The van der Waals surface area contributed by atoms with Gasteiger partial charge in [0.25, 0.3) is 5.91 Å². The van der Waals surface area contributed by atoms with Crippen LogP contribution in [0.15, 0.2) is 36.9 Å². The largest absolute Gasteiger partial charge is 0.481 e. The summed E-state index contributed by atoms with van der Waals surface area (Å²) >= 11 is 11.2. The highest BCUT2D eigenvalue weighted by atomic mass is 79.9. The van der Waals surface area contributed by atoms with Crippen molar-refractivity contribution in [3.05, 3.63) is 41.9 Å². The Hall–Kier alpha value is -1.55. The summed E-state index contributed by atoms with van der Waals surface area (Å²) in [5.74, 6) is -3.05. The number of likely N-dealkylation sites (tertiary alicyclic amines) is 1. The van der Waals surface area contributed by atoms with E-state index in [0.29, 0.717) is 42.9 Å². The van der Waals surface area contributed by atoms with Gasteiger partial charge < -0.3 is 20.0 Å². The van der Waals surface area contributed by atoms with E-state index in [1.807, 2.05) is 0 Å². The molecule has 0 aromatic heterocycles. The summed E-state index contributed by atoms with van der Waals surface area (Å²) in [7, 11) is 0. The lowest BCUT2D eigenvalue weighted by Gasteiger charge is -2.37. The smallest absolute Gasteiger partial charge is 0.308 e. The van der Waals surface area contributed by atoms with Crippen molar-refractivity contribution in [2.24, 2.45) is 11.8 Å². The maximum absolute atomic E-state index is 14.2. The van der Waals surface area contributed by atoms with Crippen LogP contribution in [0, 0.1) is 11.8 Å². The Morgan fingerprint density at radius 1 is 1.29 bits per heavy atom. The van der Waals surface area contributed by atoms with E-state index in [1.165, 1.54) is 11.8 Å². The summed E-state index contributed by atoms with van der Waals surface area (Å²) in [5.41, 5.74) is 0.643. The van der Waals surface area contributed by atoms with Crippen molar-refractivity contribution >= 4 is 62.8 Å². The average molecular weight is 572 g/mol. The quantitative estimate of drug-likeness (QED) is 0.253. The van der Waals surface area contributed by atoms with Crippen molar-refractivity contribution in [1.29, 1.82) is 0 Å². The maximum Gasteiger partial charge on any atom is 0.308 e. The number of fused-ring (bicyclic) bond motifs is 1. The number of aliphatic hydroxyl groups excluding tert-OH is 1. The molecule has 3 aliphatic rings. The number of aliphatic carboxylic acids is 1. The van der Waals surface area contributed by atoms with Gasteiger partial charge >= 0.3 is 5.97 Å². The van der Waals surface area contributed by atoms with Crippen LogP contribution in [0.25, 0.3) is 0 Å². The number of carboxylic acids is 1. The number of rotatable bonds is 10. The number of benzene rings is 1. The van der Waals surface area contributed by atoms with Crippen molar-refractivity contribution in [1.82, 2.24) is 4.90 Å². The Balaban J connectivity index is 1.74. The average Bonchev–Trinajstić information content (AvgIpc) is 3.39. The molecule has 184 valence electrons. The number of hydrogen-bond donors (Lipinski definition) is 2. The minimum absolute atomic E-state index is 0.0659. The zero-order valence-electron chi connectivity index (χ0n) is 18.6. The molecule has 1 aromatic rings. The first kappa shape index (κ1) is 25.5. The molecule has 0 saturated carbocycles. The maximum atomic E-state index is 14.2. The van der Waals surface area contributed by atoms with Crippen molar-refractivity contribution in [2.45, 2.75) is 46.5 Å². The summed E-state index contributed by atoms with van der Waals surface area (Å²) in [6, 6.07) is 6.15. The molecule has 6 atom stereocenters. The lowest BCUT2D eigenvalue weighted by atomic mass is 9.71. The van der Waals surface area contributed by atoms with Crippen LogP contribution in [0.1, 0.15) is 25.7 Å². The summed E-state index contributed by atoms with van der Waals surface area (Å²) in [6.45, 7) is 4.46. The lowest BCUT2D eigenvalue weighted by molar-refractivity contribution is -0.148. The third kappa shape index (κ3) is 4.18. The van der Waals surface area contributed by atoms with Gasteiger partial charge in [0.15, 0.2) is 0 Å². The Morgan fingerprint density at radius 2 is 2.00 bits per heavy atom. The second-order valence-electron chi connectivity index (χ2n) is 9.03. The summed E-state index contributed by atoms with van der Waals surface area (Å²) in [4.78, 5) is 43.3. The zero-order valence-corrected chi connectivity index (χ0v) is 21.8. The molecule has 7 nitrogen and oxygen atoms in total. The molecule has 2 amide bonds. The minimum atomic E-state index is -0.990. The fourth-order valence-electron chi connectivity index (χ4n) is 5.72. The number of anilines is 1. The number of alkyl halides is 1. The highest BCUT2D eigenvalue weighted by molar-refractivity contribution is 9.09. The van der Waals surface area contributed by atoms with Crippen molar-refractivity contribution in [2.75, 3.05) is 24.6 Å². The van der Waals surface area contributed by atoms with E-state index < -0.39 is 28.6 Å². The minimum Gasteiger partial charge on any atom is -0.481 e. The van der Waals surface area contributed by atoms with Gasteiger partial charge in [0, 0.05) is 40.5 Å². The molecule has 3 unspecified atom stereocenters. The SMILES string of the molecule is C=CCN(C(=O)C1N(CCCCCO)C(=O)[C@@H]2[C@H](C(=O)O)[C@H]3SC12CC3Br)c1ccc(Cl)cc1. The first-order valence-corrected chi connectivity index (χ1v) is 13.6. The van der Waals surface area contributed by atoms with Crippen LogP contribution in [-0.2, 0) is 14.4 Å². The number of carbonyl (C=O) groups is 3. The predicted molar refractivity (Wildman–Crippen MR) is 136 cm³/mol. The summed E-state index contributed by atoms with van der Waals surface area (Å²) in [6.07, 6.45) is 4.14. The molecule has 0 aliphatic carbocycles. The third-order valence-corrected chi connectivity index (χ3v) is 10.6. The number of thioether (sulfide) groups is 1. The van der Waals surface area contributed by atoms with Gasteiger partial charge in [0.1, 0.15) is 6.04 Å². The van der Waals surface area contributed by atoms with E-state index in [1.54, 1.807) is 40.1 Å². The van der Waals surface area contributed by atoms with Gasteiger partial charge in [-0.25, -0.2) is 0 Å². The van der Waals surface area contributed by atoms with Crippen molar-refractivity contribution in [3.63, 3.8) is 0 Å². The van der Waals surface area contributed by atoms with Crippen LogP contribution in [0.4, 0.5) is 5.69 Å². The van der Waals surface area contributed by atoms with Crippen LogP contribution >= 0.6 is 39.3 Å². The molecule has 3 fully saturated rings. The molecule has 1 spiro atoms. The van der Waals surface area contributed by atoms with Crippen LogP contribution in [0.3, 0.4) is 0 Å². The van der Waals surface area contributed by atoms with Crippen LogP contribution < -0.4 is 4.90 Å². The van der Waals surface area contributed by atoms with E-state index in [4.69, 9.17) is 16.7 Å². The number of unbranched alkanes of at least 4 members (excludes halogenated alkanes) is 2. The van der Waals surface area contributed by atoms with Gasteiger partial charge in [-0.3, -0.25) is 14.4 Å². The molecule has 2 bridgehead atoms. The topological polar surface area (TPSA) is 98.2 Å². The molecule has 3 heterocycles. The van der Waals surface area contributed by atoms with Gasteiger partial charge in [-0.15, -0.1) is 18.3 Å². The van der Waals surface area contributed by atoms with Gasteiger partial charge in [0.2, 0.25) is 5.91 Å². The van der Waals surface area contributed by atoms with Gasteiger partial charge in [-0.05, 0) is 49.9 Å². The number of carboxylic acid groups (broad SMARTS) is 1. The first-order valence-electron chi connectivity index (χ1n) is 11.4. The van der Waals surface area contributed by atoms with Crippen LogP contribution in [-0.4, -0.2) is 73.5 Å². The zero-order chi connectivity index (χ0) is 24.6. The molecule has 4 rings (SSSR count). The Kier molecular flexibility index (Phi) is 7.67.